The number of Topliss-reactive ketones (excluding diaryl/α,β-unsaturated/α-hetero) is 1. The molecular formula is C11H11NO2. The molecule has 3 heteroatoms. The van der Waals surface area contributed by atoms with Gasteiger partial charge in [-0.3, -0.25) is 9.79 Å². The monoisotopic (exact) mass is 189 g/mol. The van der Waals surface area contributed by atoms with Gasteiger partial charge in [0.25, 0.3) is 0 Å². The Bertz CT molecular complexity index is 422. The molecule has 0 atom stereocenters. The first kappa shape index (κ1) is 8.94. The summed E-state index contributed by atoms with van der Waals surface area (Å²) in [5.41, 5.74) is 2.38. The molecule has 1 heterocycles. The average molecular weight is 189 g/mol. The van der Waals surface area contributed by atoms with Gasteiger partial charge in [0.15, 0.2) is 5.78 Å². The van der Waals surface area contributed by atoms with Crippen molar-refractivity contribution in [3.63, 3.8) is 0 Å². The van der Waals surface area contributed by atoms with E-state index in [4.69, 9.17) is 4.74 Å². The zero-order valence-electron chi connectivity index (χ0n) is 8.20. The smallest absolute Gasteiger partial charge is 0.170 e. The van der Waals surface area contributed by atoms with Crippen LogP contribution in [0.5, 0.6) is 5.75 Å². The Morgan fingerprint density at radius 2 is 2.21 bits per heavy atom. The largest absolute Gasteiger partial charge is 0.496 e. The minimum atomic E-state index is 0.126. The fourth-order valence-corrected chi connectivity index (χ4v) is 1.56. The molecule has 1 aliphatic rings. The van der Waals surface area contributed by atoms with Crippen LogP contribution in [0.1, 0.15) is 22.3 Å². The summed E-state index contributed by atoms with van der Waals surface area (Å²) < 4.78 is 5.16. The van der Waals surface area contributed by atoms with Crippen LogP contribution >= 0.6 is 0 Å². The third kappa shape index (κ3) is 1.31. The Labute approximate surface area is 82.4 Å². The van der Waals surface area contributed by atoms with E-state index in [1.54, 1.807) is 19.4 Å². The van der Waals surface area contributed by atoms with Crippen molar-refractivity contribution in [3.05, 3.63) is 23.3 Å². The molecule has 3 nitrogen and oxygen atoms in total. The second-order valence-corrected chi connectivity index (χ2v) is 3.28. The second-order valence-electron chi connectivity index (χ2n) is 3.28. The molecule has 2 rings (SSSR count). The lowest BCUT2D eigenvalue weighted by Gasteiger charge is -2.12. The Hall–Kier alpha value is -1.64. The van der Waals surface area contributed by atoms with Gasteiger partial charge in [0.2, 0.25) is 0 Å². The van der Waals surface area contributed by atoms with E-state index in [9.17, 15) is 4.79 Å². The molecule has 0 radical (unpaired) electrons. The number of methoxy groups -OCH3 is 1. The van der Waals surface area contributed by atoms with E-state index in [0.717, 1.165) is 11.3 Å². The number of hydrogen-bond acceptors (Lipinski definition) is 3. The second kappa shape index (κ2) is 3.25. The normalized spacial score (nSPS) is 14.0. The van der Waals surface area contributed by atoms with Crippen molar-refractivity contribution in [1.29, 1.82) is 0 Å². The number of aliphatic imine (C=N–C) groups is 1. The molecule has 72 valence electrons. The van der Waals surface area contributed by atoms with Gasteiger partial charge in [-0.1, -0.05) is 0 Å². The van der Waals surface area contributed by atoms with Crippen LogP contribution in [0.3, 0.4) is 0 Å². The van der Waals surface area contributed by atoms with Gasteiger partial charge < -0.3 is 4.74 Å². The SMILES string of the molecule is COc1cc2c(cc1C)C(=O)CC=N2. The molecule has 0 N–H and O–H groups in total. The van der Waals surface area contributed by atoms with E-state index in [1.165, 1.54) is 0 Å². The van der Waals surface area contributed by atoms with Crippen LogP contribution in [-0.4, -0.2) is 19.1 Å². The zero-order valence-corrected chi connectivity index (χ0v) is 8.20. The van der Waals surface area contributed by atoms with Crippen LogP contribution < -0.4 is 4.74 Å². The number of ether oxygens (including phenoxy) is 1. The fourth-order valence-electron chi connectivity index (χ4n) is 1.56. The molecular weight excluding hydrogens is 178 g/mol. The Balaban J connectivity index is 2.61. The van der Waals surface area contributed by atoms with E-state index in [-0.39, 0.29) is 5.78 Å². The lowest BCUT2D eigenvalue weighted by Crippen LogP contribution is -2.05. The fraction of sp³-hybridized carbons (Fsp3) is 0.273. The molecule has 0 bridgehead atoms. The summed E-state index contributed by atoms with van der Waals surface area (Å²) in [7, 11) is 1.61. The van der Waals surface area contributed by atoms with E-state index in [0.29, 0.717) is 17.7 Å². The van der Waals surface area contributed by atoms with Gasteiger partial charge in [0, 0.05) is 24.3 Å². The van der Waals surface area contributed by atoms with Crippen LogP contribution in [0.2, 0.25) is 0 Å². The molecule has 1 aliphatic heterocycles. The van der Waals surface area contributed by atoms with Gasteiger partial charge in [-0.15, -0.1) is 0 Å². The molecule has 0 saturated heterocycles. The highest BCUT2D eigenvalue weighted by atomic mass is 16.5. The highest BCUT2D eigenvalue weighted by Gasteiger charge is 2.16. The number of carbonyl (C=O) groups is 1. The maximum Gasteiger partial charge on any atom is 0.170 e. The summed E-state index contributed by atoms with van der Waals surface area (Å²) in [6.45, 7) is 1.92. The standard InChI is InChI=1S/C11H11NO2/c1-7-5-8-9(6-11(7)14-2)12-4-3-10(8)13/h4-6H,3H2,1-2H3. The number of hydrogen-bond donors (Lipinski definition) is 0. The Morgan fingerprint density at radius 3 is 2.93 bits per heavy atom. The number of nitrogens with zero attached hydrogens (tertiary/aromatic N) is 1. The lowest BCUT2D eigenvalue weighted by molar-refractivity contribution is 0.100. The van der Waals surface area contributed by atoms with Gasteiger partial charge in [0.05, 0.1) is 12.8 Å². The topological polar surface area (TPSA) is 38.7 Å². The van der Waals surface area contributed by atoms with Crippen LogP contribution in [-0.2, 0) is 0 Å². The van der Waals surface area contributed by atoms with Crippen molar-refractivity contribution >= 4 is 17.7 Å². The third-order valence-corrected chi connectivity index (χ3v) is 2.32. The quantitative estimate of drug-likeness (QED) is 0.679. The maximum absolute atomic E-state index is 11.5. The minimum absolute atomic E-state index is 0.126. The van der Waals surface area contributed by atoms with Crippen molar-refractivity contribution in [2.45, 2.75) is 13.3 Å². The van der Waals surface area contributed by atoms with E-state index in [1.807, 2.05) is 13.0 Å². The van der Waals surface area contributed by atoms with Crippen LogP contribution in [0.25, 0.3) is 0 Å². The molecule has 0 saturated carbocycles. The minimum Gasteiger partial charge on any atom is -0.496 e. The summed E-state index contributed by atoms with van der Waals surface area (Å²) in [5, 5.41) is 0. The summed E-state index contributed by atoms with van der Waals surface area (Å²) in [4.78, 5) is 15.7. The van der Waals surface area contributed by atoms with Crippen molar-refractivity contribution < 1.29 is 9.53 Å². The van der Waals surface area contributed by atoms with E-state index in [2.05, 4.69) is 4.99 Å². The number of carbonyl (C=O) groups excluding carboxylic acids is 1. The summed E-state index contributed by atoms with van der Waals surface area (Å²) in [6, 6.07) is 3.64. The molecule has 0 amide bonds. The average Bonchev–Trinajstić information content (AvgIpc) is 2.19. The molecule has 1 aromatic rings. The van der Waals surface area contributed by atoms with Crippen LogP contribution in [0.4, 0.5) is 5.69 Å². The number of fused-ring (bicyclic) bond motifs is 1. The molecule has 1 aromatic carbocycles. The third-order valence-electron chi connectivity index (χ3n) is 2.32. The molecule has 0 fully saturated rings. The predicted molar refractivity (Wildman–Crippen MR) is 54.8 cm³/mol. The van der Waals surface area contributed by atoms with Crippen molar-refractivity contribution in [2.75, 3.05) is 7.11 Å². The van der Waals surface area contributed by atoms with Crippen LogP contribution in [0, 0.1) is 6.92 Å². The Morgan fingerprint density at radius 1 is 1.43 bits per heavy atom. The van der Waals surface area contributed by atoms with Crippen molar-refractivity contribution in [2.24, 2.45) is 4.99 Å². The van der Waals surface area contributed by atoms with Crippen molar-refractivity contribution in [3.8, 4) is 5.75 Å². The molecule has 0 spiro atoms. The van der Waals surface area contributed by atoms with Gasteiger partial charge in [-0.05, 0) is 18.6 Å². The van der Waals surface area contributed by atoms with E-state index >= 15 is 0 Å². The zero-order chi connectivity index (χ0) is 10.1. The van der Waals surface area contributed by atoms with Crippen molar-refractivity contribution in [1.82, 2.24) is 0 Å². The number of aryl methyl sites for hydroxylation is 1. The number of benzene rings is 1. The first-order chi connectivity index (χ1) is 6.72. The van der Waals surface area contributed by atoms with Gasteiger partial charge in [0.1, 0.15) is 5.75 Å². The number of ketones is 1. The molecule has 0 aliphatic carbocycles. The number of rotatable bonds is 1. The predicted octanol–water partition coefficient (Wildman–Crippen LogP) is 2.29. The first-order valence-electron chi connectivity index (χ1n) is 4.46. The summed E-state index contributed by atoms with van der Waals surface area (Å²) in [6.07, 6.45) is 2.04. The van der Waals surface area contributed by atoms with Gasteiger partial charge in [-0.25, -0.2) is 0 Å². The lowest BCUT2D eigenvalue weighted by atomic mass is 10.0. The summed E-state index contributed by atoms with van der Waals surface area (Å²) in [5.74, 6) is 0.899. The van der Waals surface area contributed by atoms with E-state index < -0.39 is 0 Å². The maximum atomic E-state index is 11.5. The highest BCUT2D eigenvalue weighted by Crippen LogP contribution is 2.31. The van der Waals surface area contributed by atoms with Crippen LogP contribution in [0.15, 0.2) is 17.1 Å². The first-order valence-corrected chi connectivity index (χ1v) is 4.46. The highest BCUT2D eigenvalue weighted by molar-refractivity contribution is 6.10. The van der Waals surface area contributed by atoms with Gasteiger partial charge in [-0.2, -0.15) is 0 Å². The Kier molecular flexibility index (Phi) is 2.08. The van der Waals surface area contributed by atoms with Gasteiger partial charge >= 0.3 is 0 Å². The molecule has 14 heavy (non-hydrogen) atoms. The summed E-state index contributed by atoms with van der Waals surface area (Å²) >= 11 is 0. The molecule has 0 unspecified atom stereocenters. The molecule has 0 aromatic heterocycles.